The molecule has 1 fully saturated rings. The molecule has 3 nitrogen and oxygen atoms in total. The lowest BCUT2D eigenvalue weighted by atomic mass is 10.1. The van der Waals surface area contributed by atoms with E-state index in [0.717, 1.165) is 12.8 Å². The normalized spacial score (nSPS) is 26.5. The zero-order chi connectivity index (χ0) is 9.41. The van der Waals surface area contributed by atoms with Crippen LogP contribution in [-0.4, -0.2) is 22.3 Å². The molecule has 0 aromatic carbocycles. The van der Waals surface area contributed by atoms with Crippen LogP contribution in [0.15, 0.2) is 4.36 Å². The molecule has 0 radical (unpaired) electrons. The monoisotopic (exact) mass is 186 g/mol. The molecule has 1 saturated carbocycles. The predicted molar refractivity (Wildman–Crippen MR) is 49.2 cm³/mol. The second-order valence-electron chi connectivity index (χ2n) is 3.48. The van der Waals surface area contributed by atoms with E-state index in [1.807, 2.05) is 0 Å². The van der Waals surface area contributed by atoms with Crippen LogP contribution in [0.25, 0.3) is 0 Å². The van der Waals surface area contributed by atoms with Gasteiger partial charge in [0.1, 0.15) is 4.75 Å². The molecule has 4 heteroatoms. The first-order valence-electron chi connectivity index (χ1n) is 3.99. The van der Waals surface area contributed by atoms with Gasteiger partial charge < -0.3 is 0 Å². The van der Waals surface area contributed by atoms with Crippen LogP contribution in [0, 0.1) is 17.2 Å². The van der Waals surface area contributed by atoms with Crippen LogP contribution in [-0.2, 0) is 9.73 Å². The molecule has 12 heavy (non-hydrogen) atoms. The molecule has 0 aromatic heterocycles. The van der Waals surface area contributed by atoms with Crippen LogP contribution in [0.3, 0.4) is 0 Å². The van der Waals surface area contributed by atoms with E-state index in [-0.39, 0.29) is 0 Å². The van der Waals surface area contributed by atoms with E-state index in [9.17, 15) is 4.21 Å². The molecule has 0 amide bonds. The summed E-state index contributed by atoms with van der Waals surface area (Å²) in [5.41, 5.74) is 0. The molecule has 0 N–H and O–H groups in total. The van der Waals surface area contributed by atoms with Gasteiger partial charge in [-0.3, -0.25) is 0 Å². The van der Waals surface area contributed by atoms with Crippen molar-refractivity contribution < 1.29 is 4.21 Å². The average molecular weight is 186 g/mol. The standard InChI is InChI=1S/C8H14N2OS/c1-8(6-9,7-4-5-7)12(3,11)10-2/h7H,4-5H2,1-3H3. The third-order valence-electron chi connectivity index (χ3n) is 2.71. The van der Waals surface area contributed by atoms with Gasteiger partial charge in [-0.2, -0.15) is 5.26 Å². The zero-order valence-electron chi connectivity index (χ0n) is 7.70. The molecule has 2 unspecified atom stereocenters. The molecule has 0 aromatic rings. The lowest BCUT2D eigenvalue weighted by Gasteiger charge is -2.22. The van der Waals surface area contributed by atoms with Gasteiger partial charge in [0.15, 0.2) is 0 Å². The number of nitriles is 1. The summed E-state index contributed by atoms with van der Waals surface area (Å²) in [4.78, 5) is 0. The Hall–Kier alpha value is -0.560. The van der Waals surface area contributed by atoms with Crippen LogP contribution < -0.4 is 0 Å². The third-order valence-corrected chi connectivity index (χ3v) is 5.41. The van der Waals surface area contributed by atoms with Gasteiger partial charge in [-0.15, -0.1) is 0 Å². The summed E-state index contributed by atoms with van der Waals surface area (Å²) in [5.74, 6) is 0.295. The topological polar surface area (TPSA) is 53.2 Å². The summed E-state index contributed by atoms with van der Waals surface area (Å²) in [7, 11) is -0.805. The molecule has 0 aliphatic heterocycles. The fraction of sp³-hybridized carbons (Fsp3) is 0.875. The van der Waals surface area contributed by atoms with Crippen molar-refractivity contribution >= 4 is 9.73 Å². The highest BCUT2D eigenvalue weighted by Gasteiger charge is 2.47. The van der Waals surface area contributed by atoms with Gasteiger partial charge in [0, 0.05) is 13.3 Å². The molecule has 0 spiro atoms. The van der Waals surface area contributed by atoms with Crippen LogP contribution in [0.1, 0.15) is 19.8 Å². The van der Waals surface area contributed by atoms with Crippen molar-refractivity contribution in [3.05, 3.63) is 0 Å². The second-order valence-corrected chi connectivity index (χ2v) is 6.30. The molecule has 1 aliphatic rings. The molecule has 68 valence electrons. The van der Waals surface area contributed by atoms with Crippen molar-refractivity contribution in [1.82, 2.24) is 0 Å². The smallest absolute Gasteiger partial charge is 0.140 e. The fourth-order valence-electron chi connectivity index (χ4n) is 1.31. The minimum atomic E-state index is -2.33. The Morgan fingerprint density at radius 1 is 1.67 bits per heavy atom. The van der Waals surface area contributed by atoms with Crippen LogP contribution in [0.4, 0.5) is 0 Å². The van der Waals surface area contributed by atoms with Crippen molar-refractivity contribution in [3.63, 3.8) is 0 Å². The predicted octanol–water partition coefficient (Wildman–Crippen LogP) is 1.41. The summed E-state index contributed by atoms with van der Waals surface area (Å²) < 4.78 is 15.0. The van der Waals surface area contributed by atoms with E-state index >= 15 is 0 Å². The van der Waals surface area contributed by atoms with Crippen LogP contribution in [0.5, 0.6) is 0 Å². The highest BCUT2D eigenvalue weighted by atomic mass is 32.2. The van der Waals surface area contributed by atoms with Crippen molar-refractivity contribution in [2.75, 3.05) is 13.3 Å². The molecule has 0 bridgehead atoms. The maximum Gasteiger partial charge on any atom is 0.140 e. The highest BCUT2D eigenvalue weighted by molar-refractivity contribution is 7.94. The minimum absolute atomic E-state index is 0.295. The van der Waals surface area contributed by atoms with Crippen molar-refractivity contribution in [2.24, 2.45) is 10.3 Å². The van der Waals surface area contributed by atoms with Gasteiger partial charge in [-0.25, -0.2) is 8.57 Å². The summed E-state index contributed by atoms with van der Waals surface area (Å²) >= 11 is 0. The summed E-state index contributed by atoms with van der Waals surface area (Å²) in [5, 5.41) is 8.97. The second kappa shape index (κ2) is 2.74. The Bertz CT molecular complexity index is 331. The molecular weight excluding hydrogens is 172 g/mol. The Labute approximate surface area is 74.0 Å². The summed E-state index contributed by atoms with van der Waals surface area (Å²) in [6.07, 6.45) is 3.61. The summed E-state index contributed by atoms with van der Waals surface area (Å²) in [6.45, 7) is 1.76. The Kier molecular flexibility index (Phi) is 2.17. The molecule has 0 heterocycles. The Morgan fingerprint density at radius 2 is 2.17 bits per heavy atom. The number of hydrogen-bond donors (Lipinski definition) is 0. The van der Waals surface area contributed by atoms with Crippen molar-refractivity contribution in [2.45, 2.75) is 24.5 Å². The third kappa shape index (κ3) is 1.22. The number of hydrogen-bond acceptors (Lipinski definition) is 3. The van der Waals surface area contributed by atoms with Gasteiger partial charge in [0.25, 0.3) is 0 Å². The molecule has 1 aliphatic carbocycles. The van der Waals surface area contributed by atoms with Crippen molar-refractivity contribution in [1.29, 1.82) is 5.26 Å². The largest absolute Gasteiger partial charge is 0.248 e. The van der Waals surface area contributed by atoms with Crippen LogP contribution in [0.2, 0.25) is 0 Å². The fourth-order valence-corrected chi connectivity index (χ4v) is 2.71. The van der Waals surface area contributed by atoms with Gasteiger partial charge in [0.05, 0.1) is 15.8 Å². The molecule has 1 rings (SSSR count). The van der Waals surface area contributed by atoms with E-state index in [1.165, 1.54) is 7.05 Å². The maximum atomic E-state index is 11.9. The maximum absolute atomic E-state index is 11.9. The molecule has 2 atom stereocenters. The van der Waals surface area contributed by atoms with Gasteiger partial charge >= 0.3 is 0 Å². The SMILES string of the molecule is CN=S(C)(=O)C(C)(C#N)C1CC1. The van der Waals surface area contributed by atoms with Gasteiger partial charge in [-0.05, 0) is 25.7 Å². The van der Waals surface area contributed by atoms with Gasteiger partial charge in [0.2, 0.25) is 0 Å². The van der Waals surface area contributed by atoms with E-state index in [1.54, 1.807) is 13.2 Å². The van der Waals surface area contributed by atoms with Gasteiger partial charge in [-0.1, -0.05) is 0 Å². The average Bonchev–Trinajstić information content (AvgIpc) is 2.85. The van der Waals surface area contributed by atoms with E-state index in [2.05, 4.69) is 10.4 Å². The first-order valence-corrected chi connectivity index (χ1v) is 5.91. The Balaban J connectivity index is 3.13. The van der Waals surface area contributed by atoms with Crippen LogP contribution >= 0.6 is 0 Å². The van der Waals surface area contributed by atoms with E-state index < -0.39 is 14.5 Å². The first kappa shape index (κ1) is 9.53. The quantitative estimate of drug-likeness (QED) is 0.654. The number of nitrogens with zero attached hydrogens (tertiary/aromatic N) is 2. The Morgan fingerprint density at radius 3 is 2.42 bits per heavy atom. The molecule has 0 saturated heterocycles. The lowest BCUT2D eigenvalue weighted by molar-refractivity contribution is 0.617. The van der Waals surface area contributed by atoms with E-state index in [0.29, 0.717) is 5.92 Å². The minimum Gasteiger partial charge on any atom is -0.248 e. The zero-order valence-corrected chi connectivity index (χ0v) is 8.52. The van der Waals surface area contributed by atoms with Crippen molar-refractivity contribution in [3.8, 4) is 6.07 Å². The first-order chi connectivity index (χ1) is 5.48. The molecular formula is C8H14N2OS. The lowest BCUT2D eigenvalue weighted by Crippen LogP contribution is -2.34. The summed E-state index contributed by atoms with van der Waals surface area (Å²) in [6, 6.07) is 2.16. The van der Waals surface area contributed by atoms with E-state index in [4.69, 9.17) is 5.26 Å². The highest BCUT2D eigenvalue weighted by Crippen LogP contribution is 2.44. The number of rotatable bonds is 2.